The molecule has 1 fully saturated rings. The number of aryl methyl sites for hydroxylation is 1. The van der Waals surface area contributed by atoms with E-state index in [-0.39, 0.29) is 6.10 Å². The third-order valence-corrected chi connectivity index (χ3v) is 2.85. The summed E-state index contributed by atoms with van der Waals surface area (Å²) in [6, 6.07) is 1.89. The van der Waals surface area contributed by atoms with Gasteiger partial charge in [-0.2, -0.15) is 0 Å². The number of morpholine rings is 1. The predicted molar refractivity (Wildman–Crippen MR) is 61.7 cm³/mol. The molecule has 1 aromatic rings. The smallest absolute Gasteiger partial charge is 0.407 e. The summed E-state index contributed by atoms with van der Waals surface area (Å²) >= 11 is 0. The standard InChI is InChI=1S/C11H15N3O3/c1-7-4-8(5-13-10(7)12)9-6-14(11(15)16)2-3-17-9/h4-5,9H,2-3,6H2,1H3,(H2,12,13)(H,15,16). The number of anilines is 1. The lowest BCUT2D eigenvalue weighted by Crippen LogP contribution is -2.41. The number of carboxylic acid groups (broad SMARTS) is 1. The molecular weight excluding hydrogens is 222 g/mol. The van der Waals surface area contributed by atoms with E-state index in [4.69, 9.17) is 15.6 Å². The van der Waals surface area contributed by atoms with E-state index in [0.717, 1.165) is 11.1 Å². The van der Waals surface area contributed by atoms with Crippen molar-refractivity contribution in [3.63, 3.8) is 0 Å². The Balaban J connectivity index is 2.16. The first-order valence-electron chi connectivity index (χ1n) is 5.39. The number of carbonyl (C=O) groups is 1. The number of aromatic nitrogens is 1. The number of hydrogen-bond acceptors (Lipinski definition) is 4. The minimum absolute atomic E-state index is 0.258. The fourth-order valence-electron chi connectivity index (χ4n) is 1.81. The Labute approximate surface area is 99.0 Å². The van der Waals surface area contributed by atoms with Crippen molar-refractivity contribution in [3.05, 3.63) is 23.4 Å². The van der Waals surface area contributed by atoms with Crippen molar-refractivity contribution in [1.29, 1.82) is 0 Å². The number of ether oxygens (including phenoxy) is 1. The summed E-state index contributed by atoms with van der Waals surface area (Å²) in [5.74, 6) is 0.486. The molecule has 1 saturated heterocycles. The Morgan fingerprint density at radius 1 is 1.71 bits per heavy atom. The first-order chi connectivity index (χ1) is 8.08. The van der Waals surface area contributed by atoms with Crippen molar-refractivity contribution in [3.8, 4) is 0 Å². The molecule has 0 radical (unpaired) electrons. The topological polar surface area (TPSA) is 88.7 Å². The molecule has 0 saturated carbocycles. The highest BCUT2D eigenvalue weighted by Crippen LogP contribution is 2.23. The molecule has 1 aliphatic heterocycles. The molecule has 92 valence electrons. The monoisotopic (exact) mass is 237 g/mol. The van der Waals surface area contributed by atoms with Gasteiger partial charge in [-0.15, -0.1) is 0 Å². The SMILES string of the molecule is Cc1cc(C2CN(C(=O)O)CCO2)cnc1N. The van der Waals surface area contributed by atoms with Crippen LogP contribution < -0.4 is 5.73 Å². The molecule has 0 spiro atoms. The zero-order valence-corrected chi connectivity index (χ0v) is 9.59. The lowest BCUT2D eigenvalue weighted by Gasteiger charge is -2.31. The van der Waals surface area contributed by atoms with Crippen molar-refractivity contribution >= 4 is 11.9 Å². The summed E-state index contributed by atoms with van der Waals surface area (Å²) in [4.78, 5) is 16.3. The van der Waals surface area contributed by atoms with Crippen LogP contribution in [0.5, 0.6) is 0 Å². The molecule has 6 nitrogen and oxygen atoms in total. The van der Waals surface area contributed by atoms with Gasteiger partial charge in [0.25, 0.3) is 0 Å². The molecule has 2 heterocycles. The molecular formula is C11H15N3O3. The van der Waals surface area contributed by atoms with Crippen molar-refractivity contribution in [1.82, 2.24) is 9.88 Å². The Kier molecular flexibility index (Phi) is 3.14. The summed E-state index contributed by atoms with van der Waals surface area (Å²) in [6.45, 7) is 3.01. The van der Waals surface area contributed by atoms with E-state index in [9.17, 15) is 4.79 Å². The highest BCUT2D eigenvalue weighted by atomic mass is 16.5. The Bertz CT molecular complexity index is 436. The zero-order chi connectivity index (χ0) is 12.4. The van der Waals surface area contributed by atoms with Gasteiger partial charge in [0, 0.05) is 18.3 Å². The van der Waals surface area contributed by atoms with Crippen LogP contribution in [0, 0.1) is 6.92 Å². The van der Waals surface area contributed by atoms with Crippen molar-refractivity contribution in [2.24, 2.45) is 0 Å². The van der Waals surface area contributed by atoms with E-state index < -0.39 is 6.09 Å². The second-order valence-corrected chi connectivity index (χ2v) is 4.06. The number of nitrogens with zero attached hydrogens (tertiary/aromatic N) is 2. The van der Waals surface area contributed by atoms with Gasteiger partial charge in [0.15, 0.2) is 0 Å². The Hall–Kier alpha value is -1.82. The van der Waals surface area contributed by atoms with Gasteiger partial charge in [0.05, 0.1) is 13.2 Å². The maximum atomic E-state index is 10.9. The molecule has 1 unspecified atom stereocenters. The molecule has 2 rings (SSSR count). The van der Waals surface area contributed by atoms with Crippen LogP contribution in [0.1, 0.15) is 17.2 Å². The highest BCUT2D eigenvalue weighted by molar-refractivity contribution is 5.65. The third kappa shape index (κ3) is 2.47. The number of pyridine rings is 1. The fourth-order valence-corrected chi connectivity index (χ4v) is 1.81. The highest BCUT2D eigenvalue weighted by Gasteiger charge is 2.25. The molecule has 0 aromatic carbocycles. The van der Waals surface area contributed by atoms with E-state index in [1.165, 1.54) is 4.90 Å². The second-order valence-electron chi connectivity index (χ2n) is 4.06. The van der Waals surface area contributed by atoms with Gasteiger partial charge in [0.1, 0.15) is 11.9 Å². The third-order valence-electron chi connectivity index (χ3n) is 2.85. The van der Waals surface area contributed by atoms with E-state index in [1.54, 1.807) is 6.20 Å². The minimum Gasteiger partial charge on any atom is -0.465 e. The van der Waals surface area contributed by atoms with Crippen LogP contribution in [0.15, 0.2) is 12.3 Å². The number of amides is 1. The normalized spacial score (nSPS) is 20.3. The van der Waals surface area contributed by atoms with Crippen LogP contribution in [0.2, 0.25) is 0 Å². The zero-order valence-electron chi connectivity index (χ0n) is 9.59. The Morgan fingerprint density at radius 3 is 3.12 bits per heavy atom. The summed E-state index contributed by atoms with van der Waals surface area (Å²) in [5.41, 5.74) is 7.37. The van der Waals surface area contributed by atoms with E-state index >= 15 is 0 Å². The first-order valence-corrected chi connectivity index (χ1v) is 5.39. The molecule has 6 heteroatoms. The average Bonchev–Trinajstić information content (AvgIpc) is 2.33. The lowest BCUT2D eigenvalue weighted by molar-refractivity contribution is -0.0233. The van der Waals surface area contributed by atoms with Crippen LogP contribution in [0.25, 0.3) is 0 Å². The molecule has 1 atom stereocenters. The fraction of sp³-hybridized carbons (Fsp3) is 0.455. The summed E-state index contributed by atoms with van der Waals surface area (Å²) in [7, 11) is 0. The number of hydrogen-bond donors (Lipinski definition) is 2. The van der Waals surface area contributed by atoms with E-state index in [2.05, 4.69) is 4.98 Å². The van der Waals surface area contributed by atoms with Crippen LogP contribution in [-0.2, 0) is 4.74 Å². The van der Waals surface area contributed by atoms with Crippen LogP contribution in [-0.4, -0.2) is 40.8 Å². The molecule has 1 aliphatic rings. The average molecular weight is 237 g/mol. The molecule has 0 bridgehead atoms. The van der Waals surface area contributed by atoms with Crippen molar-refractivity contribution < 1.29 is 14.6 Å². The van der Waals surface area contributed by atoms with Crippen LogP contribution >= 0.6 is 0 Å². The largest absolute Gasteiger partial charge is 0.465 e. The van der Waals surface area contributed by atoms with Crippen molar-refractivity contribution in [2.45, 2.75) is 13.0 Å². The lowest BCUT2D eigenvalue weighted by atomic mass is 10.1. The van der Waals surface area contributed by atoms with Gasteiger partial charge in [0.2, 0.25) is 0 Å². The number of rotatable bonds is 1. The minimum atomic E-state index is -0.918. The van der Waals surface area contributed by atoms with Gasteiger partial charge >= 0.3 is 6.09 Å². The number of nitrogens with two attached hydrogens (primary N) is 1. The molecule has 17 heavy (non-hydrogen) atoms. The van der Waals surface area contributed by atoms with Gasteiger partial charge in [-0.1, -0.05) is 0 Å². The molecule has 0 aliphatic carbocycles. The predicted octanol–water partition coefficient (Wildman–Crippen LogP) is 1.02. The summed E-state index contributed by atoms with van der Waals surface area (Å²) in [5, 5.41) is 8.94. The van der Waals surface area contributed by atoms with Crippen LogP contribution in [0.4, 0.5) is 10.6 Å². The van der Waals surface area contributed by atoms with Gasteiger partial charge in [-0.25, -0.2) is 9.78 Å². The maximum absolute atomic E-state index is 10.9. The summed E-state index contributed by atoms with van der Waals surface area (Å²) in [6.07, 6.45) is 0.461. The summed E-state index contributed by atoms with van der Waals surface area (Å²) < 4.78 is 5.55. The maximum Gasteiger partial charge on any atom is 0.407 e. The second kappa shape index (κ2) is 4.58. The first kappa shape index (κ1) is 11.7. The van der Waals surface area contributed by atoms with Gasteiger partial charge < -0.3 is 20.5 Å². The van der Waals surface area contributed by atoms with Crippen molar-refractivity contribution in [2.75, 3.05) is 25.4 Å². The molecule has 1 amide bonds. The quantitative estimate of drug-likeness (QED) is 0.761. The van der Waals surface area contributed by atoms with Gasteiger partial charge in [-0.05, 0) is 18.6 Å². The van der Waals surface area contributed by atoms with E-state index in [0.29, 0.717) is 25.5 Å². The van der Waals surface area contributed by atoms with E-state index in [1.807, 2.05) is 13.0 Å². The molecule has 1 aromatic heterocycles. The number of nitrogen functional groups attached to an aromatic ring is 1. The van der Waals surface area contributed by atoms with Crippen LogP contribution in [0.3, 0.4) is 0 Å². The Morgan fingerprint density at radius 2 is 2.47 bits per heavy atom. The van der Waals surface area contributed by atoms with Gasteiger partial charge in [-0.3, -0.25) is 0 Å². The molecule has 3 N–H and O–H groups in total.